The lowest BCUT2D eigenvalue weighted by atomic mass is 10.0. The number of hydrogen-bond acceptors (Lipinski definition) is 6. The van der Waals surface area contributed by atoms with Gasteiger partial charge in [0.25, 0.3) is 0 Å². The van der Waals surface area contributed by atoms with E-state index in [0.717, 1.165) is 74.8 Å². The van der Waals surface area contributed by atoms with Crippen molar-refractivity contribution in [3.63, 3.8) is 0 Å². The van der Waals surface area contributed by atoms with Crippen LogP contribution in [0.5, 0.6) is 11.5 Å². The summed E-state index contributed by atoms with van der Waals surface area (Å²) in [6.45, 7) is 5.57. The molecule has 3 aromatic carbocycles. The van der Waals surface area contributed by atoms with Gasteiger partial charge in [-0.15, -0.1) is 0 Å². The number of methoxy groups -OCH3 is 1. The van der Waals surface area contributed by atoms with Gasteiger partial charge < -0.3 is 18.9 Å². The van der Waals surface area contributed by atoms with Crippen LogP contribution in [0.1, 0.15) is 92.4 Å². The third kappa shape index (κ3) is 11.0. The fourth-order valence-electron chi connectivity index (χ4n) is 4.48. The topological polar surface area (TPSA) is 71.1 Å². The molecule has 0 radical (unpaired) electrons. The Morgan fingerprint density at radius 3 is 2.02 bits per heavy atom. The number of para-hydroxylation sites is 1. The Morgan fingerprint density at radius 1 is 0.707 bits per heavy atom. The van der Waals surface area contributed by atoms with Gasteiger partial charge in [-0.1, -0.05) is 69.0 Å². The Labute approximate surface area is 245 Å². The number of ether oxygens (including phenoxy) is 4. The number of benzene rings is 3. The number of esters is 2. The predicted octanol–water partition coefficient (Wildman–Crippen LogP) is 8.67. The van der Waals surface area contributed by atoms with E-state index in [1.165, 1.54) is 6.42 Å². The zero-order valence-electron chi connectivity index (χ0n) is 24.7. The van der Waals surface area contributed by atoms with Crippen LogP contribution in [0, 0.1) is 0 Å². The maximum atomic E-state index is 12.9. The Hall–Kier alpha value is -3.64. The van der Waals surface area contributed by atoms with Gasteiger partial charge in [-0.05, 0) is 86.6 Å². The summed E-state index contributed by atoms with van der Waals surface area (Å²) < 4.78 is 22.2. The second-order valence-electron chi connectivity index (χ2n) is 10.3. The normalized spacial score (nSPS) is 11.6. The van der Waals surface area contributed by atoms with E-state index in [9.17, 15) is 9.59 Å². The highest BCUT2D eigenvalue weighted by Crippen LogP contribution is 2.25. The van der Waals surface area contributed by atoms with Crippen molar-refractivity contribution in [1.29, 1.82) is 0 Å². The van der Waals surface area contributed by atoms with Gasteiger partial charge in [0.15, 0.2) is 0 Å². The van der Waals surface area contributed by atoms with Crippen LogP contribution in [0.2, 0.25) is 0 Å². The summed E-state index contributed by atoms with van der Waals surface area (Å²) >= 11 is 0. The first-order valence-electron chi connectivity index (χ1n) is 14.9. The van der Waals surface area contributed by atoms with E-state index in [4.69, 9.17) is 18.9 Å². The lowest BCUT2D eigenvalue weighted by Gasteiger charge is -2.15. The zero-order chi connectivity index (χ0) is 29.3. The average molecular weight is 561 g/mol. The second-order valence-corrected chi connectivity index (χ2v) is 10.3. The van der Waals surface area contributed by atoms with Crippen LogP contribution < -0.4 is 9.47 Å². The van der Waals surface area contributed by atoms with Gasteiger partial charge in [-0.25, -0.2) is 9.59 Å². The van der Waals surface area contributed by atoms with Gasteiger partial charge >= 0.3 is 11.9 Å². The molecule has 0 N–H and O–H groups in total. The SMILES string of the molecule is CCCCCC[C@@H](C)OC(=O)c1ccccc1OC(=O)c1ccc(-c2ccc(OCCCCCCOC)cc2)cc1. The molecule has 0 fully saturated rings. The summed E-state index contributed by atoms with van der Waals surface area (Å²) in [5, 5.41) is 0. The maximum absolute atomic E-state index is 12.9. The Kier molecular flexibility index (Phi) is 13.9. The van der Waals surface area contributed by atoms with Crippen LogP contribution in [0.15, 0.2) is 72.8 Å². The third-order valence-electron chi connectivity index (χ3n) is 6.90. The molecular weight excluding hydrogens is 516 g/mol. The van der Waals surface area contributed by atoms with Crippen molar-refractivity contribution < 1.29 is 28.5 Å². The van der Waals surface area contributed by atoms with Crippen LogP contribution >= 0.6 is 0 Å². The fraction of sp³-hybridized carbons (Fsp3) is 0.429. The van der Waals surface area contributed by atoms with Crippen molar-refractivity contribution in [1.82, 2.24) is 0 Å². The Bertz CT molecular complexity index is 1190. The molecule has 220 valence electrons. The standard InChI is InChI=1S/C35H44O6/c1-4-5-6-9-14-27(2)40-35(37)32-15-10-11-16-33(32)41-34(36)30-19-17-28(18-20-30)29-21-23-31(24-22-29)39-26-13-8-7-12-25-38-3/h10-11,15-24,27H,4-9,12-14,25-26H2,1-3H3/t27-/m1/s1. The minimum absolute atomic E-state index is 0.190. The van der Waals surface area contributed by atoms with Crippen molar-refractivity contribution >= 4 is 11.9 Å². The summed E-state index contributed by atoms with van der Waals surface area (Å²) in [7, 11) is 1.73. The van der Waals surface area contributed by atoms with Crippen LogP contribution in [-0.2, 0) is 9.47 Å². The van der Waals surface area contributed by atoms with Crippen molar-refractivity contribution in [2.24, 2.45) is 0 Å². The molecule has 1 atom stereocenters. The fourth-order valence-corrected chi connectivity index (χ4v) is 4.48. The molecule has 3 aromatic rings. The molecule has 0 saturated heterocycles. The van der Waals surface area contributed by atoms with Gasteiger partial charge in [0, 0.05) is 13.7 Å². The minimum Gasteiger partial charge on any atom is -0.494 e. The molecule has 0 spiro atoms. The molecule has 0 aliphatic carbocycles. The lowest BCUT2D eigenvalue weighted by molar-refractivity contribution is 0.0315. The van der Waals surface area contributed by atoms with E-state index in [1.807, 2.05) is 43.3 Å². The zero-order valence-corrected chi connectivity index (χ0v) is 24.7. The number of carbonyl (C=O) groups is 2. The molecule has 0 unspecified atom stereocenters. The molecule has 0 amide bonds. The molecule has 41 heavy (non-hydrogen) atoms. The monoisotopic (exact) mass is 560 g/mol. The molecule has 3 rings (SSSR count). The van der Waals surface area contributed by atoms with Crippen LogP contribution in [-0.4, -0.2) is 38.4 Å². The first-order chi connectivity index (χ1) is 20.0. The summed E-state index contributed by atoms with van der Waals surface area (Å²) in [5.41, 5.74) is 2.63. The predicted molar refractivity (Wildman–Crippen MR) is 163 cm³/mol. The summed E-state index contributed by atoms with van der Waals surface area (Å²) in [5.74, 6) is 0.0147. The molecule has 0 aliphatic heterocycles. The number of rotatable bonds is 18. The first kappa shape index (κ1) is 31.9. The number of hydrogen-bond donors (Lipinski definition) is 0. The summed E-state index contributed by atoms with van der Waals surface area (Å²) in [4.78, 5) is 25.7. The van der Waals surface area contributed by atoms with Crippen LogP contribution in [0.3, 0.4) is 0 Å². The third-order valence-corrected chi connectivity index (χ3v) is 6.90. The summed E-state index contributed by atoms with van der Waals surface area (Å²) in [6.07, 6.45) is 9.48. The molecule has 6 nitrogen and oxygen atoms in total. The first-order valence-corrected chi connectivity index (χ1v) is 14.9. The minimum atomic E-state index is -0.532. The quantitative estimate of drug-likeness (QED) is 0.0880. The van der Waals surface area contributed by atoms with Crippen LogP contribution in [0.25, 0.3) is 11.1 Å². The lowest BCUT2D eigenvalue weighted by Crippen LogP contribution is -2.17. The summed E-state index contributed by atoms with van der Waals surface area (Å²) in [6, 6.07) is 21.9. The number of unbranched alkanes of at least 4 members (excludes halogenated alkanes) is 6. The van der Waals surface area contributed by atoms with Gasteiger partial charge in [0.1, 0.15) is 17.1 Å². The highest BCUT2D eigenvalue weighted by molar-refractivity contribution is 5.96. The molecule has 0 saturated carbocycles. The molecular formula is C35H44O6. The van der Waals surface area contributed by atoms with E-state index in [0.29, 0.717) is 12.2 Å². The van der Waals surface area contributed by atoms with Gasteiger partial charge in [0.05, 0.1) is 18.3 Å². The Balaban J connectivity index is 1.52. The Morgan fingerprint density at radius 2 is 1.34 bits per heavy atom. The van der Waals surface area contributed by atoms with E-state index >= 15 is 0 Å². The smallest absolute Gasteiger partial charge is 0.343 e. The largest absolute Gasteiger partial charge is 0.494 e. The maximum Gasteiger partial charge on any atom is 0.343 e. The van der Waals surface area contributed by atoms with Crippen molar-refractivity contribution in [3.8, 4) is 22.6 Å². The van der Waals surface area contributed by atoms with Gasteiger partial charge in [-0.2, -0.15) is 0 Å². The second kappa shape index (κ2) is 17.9. The highest BCUT2D eigenvalue weighted by atomic mass is 16.6. The van der Waals surface area contributed by atoms with Crippen molar-refractivity contribution in [2.75, 3.05) is 20.3 Å². The van der Waals surface area contributed by atoms with E-state index in [-0.39, 0.29) is 17.4 Å². The molecule has 0 aliphatic rings. The molecule has 0 heterocycles. The van der Waals surface area contributed by atoms with Gasteiger partial charge in [-0.3, -0.25) is 0 Å². The van der Waals surface area contributed by atoms with E-state index < -0.39 is 11.9 Å². The van der Waals surface area contributed by atoms with E-state index in [2.05, 4.69) is 6.92 Å². The molecule has 0 aromatic heterocycles. The number of carbonyl (C=O) groups excluding carboxylic acids is 2. The average Bonchev–Trinajstić information content (AvgIpc) is 2.99. The van der Waals surface area contributed by atoms with E-state index in [1.54, 1.807) is 43.5 Å². The van der Waals surface area contributed by atoms with Crippen LogP contribution in [0.4, 0.5) is 0 Å². The van der Waals surface area contributed by atoms with Gasteiger partial charge in [0.2, 0.25) is 0 Å². The van der Waals surface area contributed by atoms with Crippen molar-refractivity contribution in [3.05, 3.63) is 83.9 Å². The molecule has 0 bridgehead atoms. The molecule has 6 heteroatoms. The van der Waals surface area contributed by atoms with Crippen molar-refractivity contribution in [2.45, 2.75) is 77.7 Å². The highest BCUT2D eigenvalue weighted by Gasteiger charge is 2.19.